The van der Waals surface area contributed by atoms with Gasteiger partial charge in [0, 0.05) is 19.1 Å². The summed E-state index contributed by atoms with van der Waals surface area (Å²) in [6, 6.07) is -0.451. The topological polar surface area (TPSA) is 95.7 Å². The van der Waals surface area contributed by atoms with E-state index in [-0.39, 0.29) is 24.4 Å². The molecule has 4 amide bonds. The second-order valence-electron chi connectivity index (χ2n) is 6.51. The molecule has 2 aliphatic rings. The Morgan fingerprint density at radius 1 is 1.48 bits per heavy atom. The Morgan fingerprint density at radius 3 is 2.67 bits per heavy atom. The van der Waals surface area contributed by atoms with Crippen molar-refractivity contribution in [3.05, 3.63) is 0 Å². The van der Waals surface area contributed by atoms with Crippen molar-refractivity contribution < 1.29 is 14.4 Å². The minimum atomic E-state index is -0.983. The van der Waals surface area contributed by atoms with Crippen LogP contribution >= 0.6 is 0 Å². The lowest BCUT2D eigenvalue weighted by atomic mass is 9.92. The highest BCUT2D eigenvalue weighted by Crippen LogP contribution is 2.23. The molecule has 0 bridgehead atoms. The fourth-order valence-electron chi connectivity index (χ4n) is 2.86. The SMILES string of the molecule is CC(N)C1CCCN(C(=O)CN2C(=O)NC(=O)C2(C)C)C1. The van der Waals surface area contributed by atoms with E-state index in [1.165, 1.54) is 4.90 Å². The van der Waals surface area contributed by atoms with Crippen molar-refractivity contribution in [1.29, 1.82) is 0 Å². The van der Waals surface area contributed by atoms with Gasteiger partial charge in [0.05, 0.1) is 0 Å². The number of amides is 4. The van der Waals surface area contributed by atoms with E-state index in [9.17, 15) is 14.4 Å². The van der Waals surface area contributed by atoms with Gasteiger partial charge in [-0.1, -0.05) is 0 Å². The van der Waals surface area contributed by atoms with Gasteiger partial charge in [0.15, 0.2) is 0 Å². The van der Waals surface area contributed by atoms with E-state index >= 15 is 0 Å². The lowest BCUT2D eigenvalue weighted by molar-refractivity contribution is -0.135. The lowest BCUT2D eigenvalue weighted by Crippen LogP contribution is -2.52. The summed E-state index contributed by atoms with van der Waals surface area (Å²) in [7, 11) is 0. The number of nitrogens with one attached hydrogen (secondary N) is 1. The quantitative estimate of drug-likeness (QED) is 0.711. The number of likely N-dealkylation sites (tertiary alicyclic amines) is 1. The molecule has 0 spiro atoms. The summed E-state index contributed by atoms with van der Waals surface area (Å²) in [4.78, 5) is 39.0. The number of hydrogen-bond acceptors (Lipinski definition) is 4. The molecule has 2 rings (SSSR count). The summed E-state index contributed by atoms with van der Waals surface area (Å²) in [5.74, 6) is -0.199. The Kier molecular flexibility index (Phi) is 4.22. The molecule has 0 aromatic carbocycles. The lowest BCUT2D eigenvalue weighted by Gasteiger charge is -2.36. The van der Waals surface area contributed by atoms with Gasteiger partial charge in [-0.2, -0.15) is 0 Å². The number of carbonyl (C=O) groups is 3. The number of rotatable bonds is 3. The Hall–Kier alpha value is -1.63. The molecule has 2 aliphatic heterocycles. The van der Waals surface area contributed by atoms with Crippen LogP contribution in [0.25, 0.3) is 0 Å². The monoisotopic (exact) mass is 296 g/mol. The molecule has 2 unspecified atom stereocenters. The summed E-state index contributed by atoms with van der Waals surface area (Å²) in [6.45, 7) is 6.47. The zero-order valence-corrected chi connectivity index (χ0v) is 12.9. The van der Waals surface area contributed by atoms with Crippen molar-refractivity contribution in [2.45, 2.75) is 45.2 Å². The fourth-order valence-corrected chi connectivity index (χ4v) is 2.86. The van der Waals surface area contributed by atoms with E-state index in [2.05, 4.69) is 5.32 Å². The maximum absolute atomic E-state index is 12.4. The molecule has 21 heavy (non-hydrogen) atoms. The van der Waals surface area contributed by atoms with Crippen molar-refractivity contribution in [2.24, 2.45) is 11.7 Å². The largest absolute Gasteiger partial charge is 0.341 e. The highest BCUT2D eigenvalue weighted by molar-refractivity contribution is 6.07. The van der Waals surface area contributed by atoms with Gasteiger partial charge in [-0.15, -0.1) is 0 Å². The first kappa shape index (κ1) is 15.8. The first-order valence-corrected chi connectivity index (χ1v) is 7.40. The summed E-state index contributed by atoms with van der Waals surface area (Å²) in [5, 5.41) is 2.25. The predicted octanol–water partition coefficient (Wildman–Crippen LogP) is -0.0974. The van der Waals surface area contributed by atoms with E-state index in [0.717, 1.165) is 12.8 Å². The van der Waals surface area contributed by atoms with Crippen LogP contribution in [0.4, 0.5) is 4.79 Å². The molecule has 118 valence electrons. The van der Waals surface area contributed by atoms with Gasteiger partial charge in [-0.3, -0.25) is 14.9 Å². The molecular formula is C14H24N4O3. The van der Waals surface area contributed by atoms with Gasteiger partial charge in [0.1, 0.15) is 12.1 Å². The molecule has 0 aliphatic carbocycles. The van der Waals surface area contributed by atoms with Crippen LogP contribution in [0.2, 0.25) is 0 Å². The number of hydrogen-bond donors (Lipinski definition) is 2. The molecule has 7 heteroatoms. The minimum absolute atomic E-state index is 0.0497. The van der Waals surface area contributed by atoms with Crippen LogP contribution in [-0.2, 0) is 9.59 Å². The normalized spacial score (nSPS) is 26.8. The summed E-state index contributed by atoms with van der Waals surface area (Å²) in [6.07, 6.45) is 1.95. The molecule has 0 aromatic rings. The third-order valence-electron chi connectivity index (χ3n) is 4.54. The average Bonchev–Trinajstić information content (AvgIpc) is 2.61. The van der Waals surface area contributed by atoms with Gasteiger partial charge < -0.3 is 15.5 Å². The molecule has 2 saturated heterocycles. The standard InChI is InChI=1S/C14H24N4O3/c1-9(15)10-5-4-6-17(7-10)11(19)8-18-13(21)16-12(20)14(18,2)3/h9-10H,4-8,15H2,1-3H3,(H,16,20,21). The maximum Gasteiger partial charge on any atom is 0.325 e. The number of piperidine rings is 1. The van der Waals surface area contributed by atoms with Crippen LogP contribution in [0, 0.1) is 5.92 Å². The zero-order chi connectivity index (χ0) is 15.8. The van der Waals surface area contributed by atoms with Gasteiger partial charge in [-0.25, -0.2) is 4.79 Å². The van der Waals surface area contributed by atoms with Crippen molar-refractivity contribution in [1.82, 2.24) is 15.1 Å². The second kappa shape index (κ2) is 5.63. The highest BCUT2D eigenvalue weighted by Gasteiger charge is 2.46. The van der Waals surface area contributed by atoms with Crippen molar-refractivity contribution in [3.63, 3.8) is 0 Å². The van der Waals surface area contributed by atoms with Crippen LogP contribution in [0.15, 0.2) is 0 Å². The minimum Gasteiger partial charge on any atom is -0.341 e. The fraction of sp³-hybridized carbons (Fsp3) is 0.786. The first-order valence-electron chi connectivity index (χ1n) is 7.40. The first-order chi connectivity index (χ1) is 9.73. The van der Waals surface area contributed by atoms with Gasteiger partial charge >= 0.3 is 6.03 Å². The van der Waals surface area contributed by atoms with Crippen molar-refractivity contribution in [3.8, 4) is 0 Å². The van der Waals surface area contributed by atoms with Gasteiger partial charge in [-0.05, 0) is 39.5 Å². The maximum atomic E-state index is 12.4. The van der Waals surface area contributed by atoms with E-state index in [1.807, 2.05) is 6.92 Å². The molecule has 2 heterocycles. The molecule has 0 radical (unpaired) electrons. The number of nitrogens with two attached hydrogens (primary N) is 1. The Morgan fingerprint density at radius 2 is 2.14 bits per heavy atom. The summed E-state index contributed by atoms with van der Waals surface area (Å²) < 4.78 is 0. The van der Waals surface area contributed by atoms with E-state index in [0.29, 0.717) is 19.0 Å². The van der Waals surface area contributed by atoms with Crippen LogP contribution in [0.1, 0.15) is 33.6 Å². The molecule has 0 aromatic heterocycles. The smallest absolute Gasteiger partial charge is 0.325 e. The second-order valence-corrected chi connectivity index (χ2v) is 6.51. The number of carbonyl (C=O) groups excluding carboxylic acids is 3. The van der Waals surface area contributed by atoms with Crippen LogP contribution < -0.4 is 11.1 Å². The summed E-state index contributed by atoms with van der Waals surface area (Å²) in [5.41, 5.74) is 4.94. The predicted molar refractivity (Wildman–Crippen MR) is 77.3 cm³/mol. The molecule has 2 atom stereocenters. The number of nitrogens with zero attached hydrogens (tertiary/aromatic N) is 2. The van der Waals surface area contributed by atoms with Crippen LogP contribution in [0.5, 0.6) is 0 Å². The highest BCUT2D eigenvalue weighted by atomic mass is 16.2. The molecule has 3 N–H and O–H groups in total. The van der Waals surface area contributed by atoms with E-state index in [1.54, 1.807) is 18.7 Å². The average molecular weight is 296 g/mol. The Balaban J connectivity index is 2.01. The number of urea groups is 1. The third kappa shape index (κ3) is 3.02. The van der Waals surface area contributed by atoms with Crippen LogP contribution in [-0.4, -0.2) is 58.9 Å². The molecule has 2 fully saturated rings. The van der Waals surface area contributed by atoms with E-state index < -0.39 is 11.6 Å². The van der Waals surface area contributed by atoms with Crippen molar-refractivity contribution in [2.75, 3.05) is 19.6 Å². The number of imide groups is 1. The zero-order valence-electron chi connectivity index (χ0n) is 12.9. The van der Waals surface area contributed by atoms with E-state index in [4.69, 9.17) is 5.73 Å². The van der Waals surface area contributed by atoms with Gasteiger partial charge in [0.2, 0.25) is 5.91 Å². The molecule has 7 nitrogen and oxygen atoms in total. The van der Waals surface area contributed by atoms with Crippen molar-refractivity contribution >= 4 is 17.8 Å². The third-order valence-corrected chi connectivity index (χ3v) is 4.54. The van der Waals surface area contributed by atoms with Gasteiger partial charge in [0.25, 0.3) is 5.91 Å². The summed E-state index contributed by atoms with van der Waals surface area (Å²) >= 11 is 0. The molecular weight excluding hydrogens is 272 g/mol. The molecule has 0 saturated carbocycles. The Bertz CT molecular complexity index is 461. The van der Waals surface area contributed by atoms with Crippen LogP contribution in [0.3, 0.4) is 0 Å². The Labute approximate surface area is 124 Å².